The van der Waals surface area contributed by atoms with Crippen LogP contribution in [0.3, 0.4) is 0 Å². The van der Waals surface area contributed by atoms with Crippen molar-refractivity contribution < 1.29 is 9.59 Å². The van der Waals surface area contributed by atoms with Gasteiger partial charge in [-0.15, -0.1) is 0 Å². The highest BCUT2D eigenvalue weighted by molar-refractivity contribution is 6.46. The highest BCUT2D eigenvalue weighted by Gasteiger charge is 2.24. The van der Waals surface area contributed by atoms with E-state index in [1.165, 1.54) is 0 Å². The molecule has 0 aliphatic rings. The summed E-state index contributed by atoms with van der Waals surface area (Å²) >= 11 is 0. The van der Waals surface area contributed by atoms with Gasteiger partial charge in [-0.25, -0.2) is 4.98 Å². The second-order valence-corrected chi connectivity index (χ2v) is 4.67. The summed E-state index contributed by atoms with van der Waals surface area (Å²) in [6.07, 6.45) is 1.58. The third-order valence-electron chi connectivity index (χ3n) is 3.10. The van der Waals surface area contributed by atoms with Crippen molar-refractivity contribution >= 4 is 17.5 Å². The molecule has 1 amide bonds. The Hall–Kier alpha value is -2.50. The third kappa shape index (κ3) is 2.59. The maximum absolute atomic E-state index is 12.2. The minimum absolute atomic E-state index is 0.345. The molecule has 0 spiro atoms. The number of ketones is 1. The van der Waals surface area contributed by atoms with E-state index in [-0.39, 0.29) is 0 Å². The summed E-state index contributed by atoms with van der Waals surface area (Å²) in [4.78, 5) is 28.2. The van der Waals surface area contributed by atoms with E-state index in [1.807, 2.05) is 13.0 Å². The van der Waals surface area contributed by atoms with E-state index in [0.717, 1.165) is 5.56 Å². The van der Waals surface area contributed by atoms with Crippen LogP contribution in [0.15, 0.2) is 18.3 Å². The lowest BCUT2D eigenvalue weighted by molar-refractivity contribution is -0.112. The van der Waals surface area contributed by atoms with Crippen molar-refractivity contribution in [2.45, 2.75) is 20.8 Å². The minimum atomic E-state index is -0.706. The number of Topliss-reactive ketones (excluding diaryl/α,β-unsaturated/α-hetero) is 1. The number of rotatable bonds is 3. The highest BCUT2D eigenvalue weighted by atomic mass is 16.2. The highest BCUT2D eigenvalue weighted by Crippen LogP contribution is 2.14. The maximum Gasteiger partial charge on any atom is 0.298 e. The predicted molar refractivity (Wildman–Crippen MR) is 74.6 cm³/mol. The van der Waals surface area contributed by atoms with Crippen molar-refractivity contribution in [3.05, 3.63) is 40.8 Å². The van der Waals surface area contributed by atoms with Crippen LogP contribution in [0, 0.1) is 20.8 Å². The van der Waals surface area contributed by atoms with Crippen LogP contribution in [0.1, 0.15) is 27.3 Å². The van der Waals surface area contributed by atoms with Gasteiger partial charge in [-0.1, -0.05) is 0 Å². The molecule has 0 fully saturated rings. The van der Waals surface area contributed by atoms with Crippen molar-refractivity contribution in [3.63, 3.8) is 0 Å². The number of pyridine rings is 1. The molecule has 0 atom stereocenters. The molecule has 0 saturated heterocycles. The van der Waals surface area contributed by atoms with Crippen LogP contribution in [-0.2, 0) is 11.8 Å². The molecule has 2 heterocycles. The summed E-state index contributed by atoms with van der Waals surface area (Å²) in [5, 5.41) is 6.64. The van der Waals surface area contributed by atoms with Gasteiger partial charge in [0.15, 0.2) is 0 Å². The van der Waals surface area contributed by atoms with E-state index < -0.39 is 11.7 Å². The molecule has 2 aromatic rings. The van der Waals surface area contributed by atoms with E-state index in [2.05, 4.69) is 15.4 Å². The molecular weight excluding hydrogens is 256 g/mol. The lowest BCUT2D eigenvalue weighted by Gasteiger charge is -2.04. The Morgan fingerprint density at radius 1 is 1.25 bits per heavy atom. The predicted octanol–water partition coefficient (Wildman–Crippen LogP) is 1.56. The maximum atomic E-state index is 12.2. The van der Waals surface area contributed by atoms with E-state index in [0.29, 0.717) is 22.8 Å². The number of anilines is 1. The number of nitrogens with zero attached hydrogens (tertiary/aromatic N) is 3. The Labute approximate surface area is 116 Å². The molecule has 2 aromatic heterocycles. The van der Waals surface area contributed by atoms with Gasteiger partial charge >= 0.3 is 0 Å². The molecule has 0 bridgehead atoms. The Bertz CT molecular complexity index is 688. The number of carbonyl (C=O) groups excluding carboxylic acids is 2. The molecule has 0 saturated carbocycles. The first kappa shape index (κ1) is 13.9. The van der Waals surface area contributed by atoms with Crippen LogP contribution in [0.4, 0.5) is 5.82 Å². The zero-order valence-corrected chi connectivity index (χ0v) is 11.9. The standard InChI is InChI=1S/C14H16N4O2/c1-8-5-6-15-11(7-8)16-14(20)13(19)12-9(2)17-18(4)10(12)3/h5-7H,1-4H3,(H,15,16,20). The molecule has 6 nitrogen and oxygen atoms in total. The van der Waals surface area contributed by atoms with E-state index in [1.54, 1.807) is 37.8 Å². The summed E-state index contributed by atoms with van der Waals surface area (Å²) in [6, 6.07) is 3.51. The van der Waals surface area contributed by atoms with Gasteiger partial charge in [-0.2, -0.15) is 5.10 Å². The molecule has 0 radical (unpaired) electrons. The Morgan fingerprint density at radius 2 is 1.95 bits per heavy atom. The number of aromatic nitrogens is 3. The Balaban J connectivity index is 2.23. The largest absolute Gasteiger partial charge is 0.304 e. The average Bonchev–Trinajstić information content (AvgIpc) is 2.62. The van der Waals surface area contributed by atoms with Crippen molar-refractivity contribution in [3.8, 4) is 0 Å². The van der Waals surface area contributed by atoms with Gasteiger partial charge in [0.1, 0.15) is 5.82 Å². The van der Waals surface area contributed by atoms with Gasteiger partial charge in [-0.05, 0) is 38.5 Å². The van der Waals surface area contributed by atoms with Gasteiger partial charge in [0.05, 0.1) is 11.3 Å². The summed E-state index contributed by atoms with van der Waals surface area (Å²) < 4.78 is 1.58. The van der Waals surface area contributed by atoms with E-state index in [9.17, 15) is 9.59 Å². The van der Waals surface area contributed by atoms with Gasteiger partial charge in [0.2, 0.25) is 0 Å². The van der Waals surface area contributed by atoms with Gasteiger partial charge in [0.25, 0.3) is 11.7 Å². The van der Waals surface area contributed by atoms with Crippen molar-refractivity contribution in [2.75, 3.05) is 5.32 Å². The quantitative estimate of drug-likeness (QED) is 0.679. The fourth-order valence-corrected chi connectivity index (χ4v) is 1.99. The van der Waals surface area contributed by atoms with Crippen molar-refractivity contribution in [1.29, 1.82) is 0 Å². The van der Waals surface area contributed by atoms with Gasteiger partial charge in [0, 0.05) is 18.9 Å². The van der Waals surface area contributed by atoms with Gasteiger partial charge < -0.3 is 5.32 Å². The summed E-state index contributed by atoms with van der Waals surface area (Å²) in [7, 11) is 1.74. The van der Waals surface area contributed by atoms with Crippen LogP contribution < -0.4 is 5.32 Å². The van der Waals surface area contributed by atoms with Crippen molar-refractivity contribution in [2.24, 2.45) is 7.05 Å². The summed E-state index contributed by atoms with van der Waals surface area (Å²) in [5.41, 5.74) is 2.51. The van der Waals surface area contributed by atoms with Crippen LogP contribution >= 0.6 is 0 Å². The number of hydrogen-bond acceptors (Lipinski definition) is 4. The zero-order valence-electron chi connectivity index (χ0n) is 11.9. The lowest BCUT2D eigenvalue weighted by atomic mass is 10.1. The smallest absolute Gasteiger partial charge is 0.298 e. The summed E-state index contributed by atoms with van der Waals surface area (Å²) in [5.74, 6) is -0.943. The monoisotopic (exact) mass is 272 g/mol. The van der Waals surface area contributed by atoms with E-state index >= 15 is 0 Å². The molecular formula is C14H16N4O2. The summed E-state index contributed by atoms with van der Waals surface area (Å²) in [6.45, 7) is 5.35. The normalized spacial score (nSPS) is 10.4. The third-order valence-corrected chi connectivity index (χ3v) is 3.10. The molecule has 0 aliphatic carbocycles. The first-order valence-electron chi connectivity index (χ1n) is 6.18. The number of carbonyl (C=O) groups is 2. The SMILES string of the molecule is Cc1ccnc(NC(=O)C(=O)c2c(C)nn(C)c2C)c1. The molecule has 104 valence electrons. The van der Waals surface area contributed by atoms with E-state index in [4.69, 9.17) is 0 Å². The second kappa shape index (κ2) is 5.24. The molecule has 20 heavy (non-hydrogen) atoms. The Morgan fingerprint density at radius 3 is 2.50 bits per heavy atom. The molecule has 0 aromatic carbocycles. The van der Waals surface area contributed by atoms with Crippen LogP contribution in [0.25, 0.3) is 0 Å². The Kier molecular flexibility index (Phi) is 3.65. The van der Waals surface area contributed by atoms with Crippen LogP contribution in [0.5, 0.6) is 0 Å². The first-order chi connectivity index (χ1) is 9.40. The van der Waals surface area contributed by atoms with Gasteiger partial charge in [-0.3, -0.25) is 14.3 Å². The molecule has 0 aliphatic heterocycles. The second-order valence-electron chi connectivity index (χ2n) is 4.67. The fraction of sp³-hybridized carbons (Fsp3) is 0.286. The van der Waals surface area contributed by atoms with Crippen LogP contribution in [-0.4, -0.2) is 26.5 Å². The molecule has 1 N–H and O–H groups in total. The zero-order chi connectivity index (χ0) is 14.9. The minimum Gasteiger partial charge on any atom is -0.304 e. The van der Waals surface area contributed by atoms with Crippen molar-refractivity contribution in [1.82, 2.24) is 14.8 Å². The molecule has 2 rings (SSSR count). The average molecular weight is 272 g/mol. The lowest BCUT2D eigenvalue weighted by Crippen LogP contribution is -2.24. The molecule has 6 heteroatoms. The topological polar surface area (TPSA) is 76.9 Å². The molecule has 0 unspecified atom stereocenters. The number of nitrogens with one attached hydrogen (secondary N) is 1. The fourth-order valence-electron chi connectivity index (χ4n) is 1.99. The number of aryl methyl sites for hydroxylation is 3. The number of amides is 1. The first-order valence-corrected chi connectivity index (χ1v) is 6.18. The van der Waals surface area contributed by atoms with Crippen LogP contribution in [0.2, 0.25) is 0 Å². The number of hydrogen-bond donors (Lipinski definition) is 1.